The van der Waals surface area contributed by atoms with Crippen LogP contribution in [0.1, 0.15) is 42.4 Å². The Kier molecular flexibility index (Phi) is 8.38. The molecule has 8 nitrogen and oxygen atoms in total. The summed E-state index contributed by atoms with van der Waals surface area (Å²) in [4.78, 5) is 26.2. The fourth-order valence-corrected chi connectivity index (χ4v) is 4.08. The number of nitrogens with zero attached hydrogens (tertiary/aromatic N) is 4. The van der Waals surface area contributed by atoms with Crippen LogP contribution in [0.3, 0.4) is 0 Å². The van der Waals surface area contributed by atoms with Gasteiger partial charge in [0.2, 0.25) is 0 Å². The highest BCUT2D eigenvalue weighted by molar-refractivity contribution is 5.89. The summed E-state index contributed by atoms with van der Waals surface area (Å²) in [6, 6.07) is 17.5. The van der Waals surface area contributed by atoms with E-state index in [1.165, 1.54) is 0 Å². The highest BCUT2D eigenvalue weighted by atomic mass is 16.5. The molecule has 1 aliphatic rings. The topological polar surface area (TPSA) is 79.8 Å². The normalized spacial score (nSPS) is 13.7. The van der Waals surface area contributed by atoms with Crippen LogP contribution in [0.15, 0.2) is 54.6 Å². The number of urea groups is 1. The van der Waals surface area contributed by atoms with E-state index in [1.807, 2.05) is 66.4 Å². The van der Waals surface area contributed by atoms with Crippen LogP contribution in [0.5, 0.6) is 5.75 Å². The summed E-state index contributed by atoms with van der Waals surface area (Å²) < 4.78 is 11.0. The van der Waals surface area contributed by atoms with E-state index in [0.29, 0.717) is 26.3 Å². The maximum atomic E-state index is 12.9. The van der Waals surface area contributed by atoms with Gasteiger partial charge in [0.1, 0.15) is 17.4 Å². The number of amides is 2. The van der Waals surface area contributed by atoms with Crippen molar-refractivity contribution in [1.29, 1.82) is 0 Å². The molecule has 0 unspecified atom stereocenters. The van der Waals surface area contributed by atoms with Gasteiger partial charge in [-0.3, -0.25) is 0 Å². The Hall–Kier alpha value is -3.65. The summed E-state index contributed by atoms with van der Waals surface area (Å²) in [6.45, 7) is 9.92. The number of rotatable bonds is 8. The molecule has 4 rings (SSSR count). The molecule has 0 aliphatic carbocycles. The summed E-state index contributed by atoms with van der Waals surface area (Å²) >= 11 is 0. The van der Waals surface area contributed by atoms with Gasteiger partial charge in [-0.25, -0.2) is 14.8 Å². The fraction of sp³-hybridized carbons (Fsp3) is 0.393. The molecule has 0 radical (unpaired) electrons. The van der Waals surface area contributed by atoms with Crippen LogP contribution in [0.25, 0.3) is 0 Å². The van der Waals surface area contributed by atoms with Crippen molar-refractivity contribution in [3.05, 3.63) is 77.2 Å². The Balaban J connectivity index is 1.27. The van der Waals surface area contributed by atoms with E-state index < -0.39 is 0 Å². The maximum absolute atomic E-state index is 12.9. The van der Waals surface area contributed by atoms with E-state index in [4.69, 9.17) is 14.5 Å². The molecule has 1 aromatic heterocycles. The van der Waals surface area contributed by atoms with Gasteiger partial charge in [0.05, 0.1) is 20.3 Å². The molecule has 0 spiro atoms. The van der Waals surface area contributed by atoms with Gasteiger partial charge in [0.15, 0.2) is 0 Å². The second-order valence-corrected chi connectivity index (χ2v) is 9.33. The fourth-order valence-electron chi connectivity index (χ4n) is 4.08. The molecule has 0 bridgehead atoms. The van der Waals surface area contributed by atoms with E-state index in [2.05, 4.69) is 29.0 Å². The number of methoxy groups -OCH3 is 1. The van der Waals surface area contributed by atoms with Crippen LogP contribution in [0.4, 0.5) is 16.3 Å². The molecule has 1 fully saturated rings. The van der Waals surface area contributed by atoms with Gasteiger partial charge in [-0.1, -0.05) is 38.1 Å². The molecule has 2 amide bonds. The third-order valence-corrected chi connectivity index (χ3v) is 6.14. The monoisotopic (exact) mass is 489 g/mol. The summed E-state index contributed by atoms with van der Waals surface area (Å²) in [5.74, 6) is 2.90. The van der Waals surface area contributed by atoms with Crippen LogP contribution in [-0.4, -0.2) is 54.2 Å². The molecule has 8 heteroatoms. The molecule has 2 aromatic carbocycles. The third kappa shape index (κ3) is 6.73. The van der Waals surface area contributed by atoms with E-state index >= 15 is 0 Å². The highest BCUT2D eigenvalue weighted by Crippen LogP contribution is 2.20. The van der Waals surface area contributed by atoms with E-state index in [9.17, 15) is 4.79 Å². The summed E-state index contributed by atoms with van der Waals surface area (Å²) in [5.41, 5.74) is 3.82. The van der Waals surface area contributed by atoms with Gasteiger partial charge in [-0.15, -0.1) is 0 Å². The molecular weight excluding hydrogens is 454 g/mol. The standard InChI is InChI=1S/C28H35N5O3/c1-20(2)27-29-21(3)16-26(31-27)32-12-14-33(15-13-32)28(34)30-24-7-5-6-23(17-24)19-36-18-22-8-10-25(35-4)11-9-22/h5-11,16-17,20H,12-15,18-19H2,1-4H3,(H,30,34). The number of aromatic nitrogens is 2. The van der Waals surface area contributed by atoms with Gasteiger partial charge >= 0.3 is 6.03 Å². The number of piperazine rings is 1. The quantitative estimate of drug-likeness (QED) is 0.480. The molecule has 0 saturated carbocycles. The minimum atomic E-state index is -0.0901. The van der Waals surface area contributed by atoms with Gasteiger partial charge in [0, 0.05) is 49.5 Å². The molecule has 1 N–H and O–H groups in total. The largest absolute Gasteiger partial charge is 0.497 e. The molecule has 3 aromatic rings. The zero-order valence-corrected chi connectivity index (χ0v) is 21.5. The van der Waals surface area contributed by atoms with E-state index in [-0.39, 0.29) is 11.9 Å². The SMILES string of the molecule is COc1ccc(COCc2cccc(NC(=O)N3CCN(c4cc(C)nc(C(C)C)n4)CC3)c2)cc1. The Labute approximate surface area is 213 Å². The van der Waals surface area contributed by atoms with Gasteiger partial charge in [-0.05, 0) is 42.3 Å². The highest BCUT2D eigenvalue weighted by Gasteiger charge is 2.23. The van der Waals surface area contributed by atoms with Crippen LogP contribution in [0, 0.1) is 6.92 Å². The number of benzene rings is 2. The molecule has 1 aliphatic heterocycles. The van der Waals surface area contributed by atoms with Crippen molar-refractivity contribution in [2.75, 3.05) is 43.5 Å². The molecular formula is C28H35N5O3. The lowest BCUT2D eigenvalue weighted by molar-refractivity contribution is 0.107. The van der Waals surface area contributed by atoms with Crippen LogP contribution < -0.4 is 15.0 Å². The number of anilines is 2. The zero-order valence-electron chi connectivity index (χ0n) is 21.5. The first-order valence-corrected chi connectivity index (χ1v) is 12.4. The third-order valence-electron chi connectivity index (χ3n) is 6.14. The van der Waals surface area contributed by atoms with Crippen molar-refractivity contribution in [3.8, 4) is 5.75 Å². The van der Waals surface area contributed by atoms with Crippen molar-refractivity contribution in [2.45, 2.75) is 39.9 Å². The van der Waals surface area contributed by atoms with E-state index in [1.54, 1.807) is 7.11 Å². The van der Waals surface area contributed by atoms with Gasteiger partial charge in [0.25, 0.3) is 0 Å². The second-order valence-electron chi connectivity index (χ2n) is 9.33. The Morgan fingerprint density at radius 2 is 1.69 bits per heavy atom. The molecule has 1 saturated heterocycles. The number of hydrogen-bond donors (Lipinski definition) is 1. The number of aryl methyl sites for hydroxylation is 1. The first kappa shape index (κ1) is 25.4. The average Bonchev–Trinajstić information content (AvgIpc) is 2.89. The first-order chi connectivity index (χ1) is 17.4. The number of carbonyl (C=O) groups excluding carboxylic acids is 1. The minimum Gasteiger partial charge on any atom is -0.497 e. The Morgan fingerprint density at radius 1 is 0.972 bits per heavy atom. The molecule has 190 valence electrons. The predicted molar refractivity (Wildman–Crippen MR) is 142 cm³/mol. The number of nitrogens with one attached hydrogen (secondary N) is 1. The lowest BCUT2D eigenvalue weighted by Crippen LogP contribution is -2.50. The molecule has 2 heterocycles. The first-order valence-electron chi connectivity index (χ1n) is 12.4. The van der Waals surface area contributed by atoms with Crippen LogP contribution >= 0.6 is 0 Å². The predicted octanol–water partition coefficient (Wildman–Crippen LogP) is 4.99. The summed E-state index contributed by atoms with van der Waals surface area (Å²) in [6.07, 6.45) is 0. The lowest BCUT2D eigenvalue weighted by Gasteiger charge is -2.35. The smallest absolute Gasteiger partial charge is 0.321 e. The minimum absolute atomic E-state index is 0.0901. The van der Waals surface area contributed by atoms with Crippen LogP contribution in [0.2, 0.25) is 0 Å². The average molecular weight is 490 g/mol. The van der Waals surface area contributed by atoms with Gasteiger partial charge < -0.3 is 24.6 Å². The van der Waals surface area contributed by atoms with Crippen molar-refractivity contribution >= 4 is 17.5 Å². The van der Waals surface area contributed by atoms with Crippen LogP contribution in [-0.2, 0) is 18.0 Å². The zero-order chi connectivity index (χ0) is 25.5. The van der Waals surface area contributed by atoms with Crippen molar-refractivity contribution < 1.29 is 14.3 Å². The Bertz CT molecular complexity index is 1160. The van der Waals surface area contributed by atoms with Crippen molar-refractivity contribution in [2.24, 2.45) is 0 Å². The second kappa shape index (κ2) is 11.9. The summed E-state index contributed by atoms with van der Waals surface area (Å²) in [5, 5.41) is 3.03. The lowest BCUT2D eigenvalue weighted by atomic mass is 10.2. The number of hydrogen-bond acceptors (Lipinski definition) is 6. The van der Waals surface area contributed by atoms with Crippen molar-refractivity contribution in [3.63, 3.8) is 0 Å². The molecule has 0 atom stereocenters. The summed E-state index contributed by atoms with van der Waals surface area (Å²) in [7, 11) is 1.65. The van der Waals surface area contributed by atoms with Crippen molar-refractivity contribution in [1.82, 2.24) is 14.9 Å². The van der Waals surface area contributed by atoms with E-state index in [0.717, 1.165) is 53.0 Å². The van der Waals surface area contributed by atoms with Gasteiger partial charge in [-0.2, -0.15) is 0 Å². The number of carbonyl (C=O) groups is 1. The molecule has 36 heavy (non-hydrogen) atoms. The Morgan fingerprint density at radius 3 is 2.39 bits per heavy atom. The maximum Gasteiger partial charge on any atom is 0.321 e. The number of ether oxygens (including phenoxy) is 2.